The van der Waals surface area contributed by atoms with Gasteiger partial charge in [-0.05, 0) is 55.8 Å². The van der Waals surface area contributed by atoms with Gasteiger partial charge in [-0.3, -0.25) is 0 Å². The number of hydrogen-bond acceptors (Lipinski definition) is 3. The van der Waals surface area contributed by atoms with Gasteiger partial charge in [-0.25, -0.2) is 17.9 Å². The second-order valence-corrected chi connectivity index (χ2v) is 7.69. The number of carbonyl (C=O) groups excluding carboxylic acids is 1. The van der Waals surface area contributed by atoms with Gasteiger partial charge < -0.3 is 10.6 Å². The molecular formula is C17H20ClN3O3S. The summed E-state index contributed by atoms with van der Waals surface area (Å²) in [6.07, 6.45) is 0.697. The van der Waals surface area contributed by atoms with Gasteiger partial charge >= 0.3 is 6.03 Å². The van der Waals surface area contributed by atoms with Crippen LogP contribution in [0.25, 0.3) is 0 Å². The van der Waals surface area contributed by atoms with E-state index in [0.717, 1.165) is 0 Å². The van der Waals surface area contributed by atoms with Crippen molar-refractivity contribution in [3.8, 4) is 0 Å². The molecule has 0 spiro atoms. The molecule has 0 saturated carbocycles. The van der Waals surface area contributed by atoms with E-state index in [2.05, 4.69) is 15.4 Å². The van der Waals surface area contributed by atoms with Crippen LogP contribution in [0.15, 0.2) is 53.4 Å². The van der Waals surface area contributed by atoms with Gasteiger partial charge in [0.1, 0.15) is 0 Å². The van der Waals surface area contributed by atoms with Crippen LogP contribution in [-0.4, -0.2) is 20.5 Å². The van der Waals surface area contributed by atoms with E-state index in [1.54, 1.807) is 31.2 Å². The van der Waals surface area contributed by atoms with Crippen molar-refractivity contribution in [2.75, 3.05) is 10.6 Å². The molecule has 2 aromatic carbocycles. The Morgan fingerprint density at radius 2 is 1.72 bits per heavy atom. The Morgan fingerprint density at radius 3 is 2.32 bits per heavy atom. The van der Waals surface area contributed by atoms with Gasteiger partial charge in [-0.15, -0.1) is 0 Å². The largest absolute Gasteiger partial charge is 0.323 e. The molecular weight excluding hydrogens is 362 g/mol. The third-order valence-corrected chi connectivity index (χ3v) is 5.31. The maximum Gasteiger partial charge on any atom is 0.323 e. The fraction of sp³-hybridized carbons (Fsp3) is 0.235. The summed E-state index contributed by atoms with van der Waals surface area (Å²) in [6.45, 7) is 3.70. The Balaban J connectivity index is 2.01. The fourth-order valence-electron chi connectivity index (χ4n) is 1.99. The lowest BCUT2D eigenvalue weighted by atomic mass is 10.3. The molecule has 0 aliphatic heterocycles. The molecule has 134 valence electrons. The average molecular weight is 382 g/mol. The molecule has 1 atom stereocenters. The third-order valence-electron chi connectivity index (χ3n) is 3.47. The Labute approximate surface area is 152 Å². The smallest absolute Gasteiger partial charge is 0.308 e. The molecule has 0 saturated heterocycles. The highest BCUT2D eigenvalue weighted by atomic mass is 35.5. The summed E-state index contributed by atoms with van der Waals surface area (Å²) in [4.78, 5) is 12.1. The average Bonchev–Trinajstić information content (AvgIpc) is 2.54. The summed E-state index contributed by atoms with van der Waals surface area (Å²) in [7, 11) is -3.56. The number of anilines is 2. The molecule has 1 unspecified atom stereocenters. The first kappa shape index (κ1) is 19.2. The van der Waals surface area contributed by atoms with Crippen LogP contribution in [0.4, 0.5) is 16.2 Å². The second-order valence-electron chi connectivity index (χ2n) is 5.54. The summed E-state index contributed by atoms with van der Waals surface area (Å²) >= 11 is 5.86. The van der Waals surface area contributed by atoms with Crippen LogP contribution in [0.2, 0.25) is 5.02 Å². The molecule has 3 N–H and O–H groups in total. The lowest BCUT2D eigenvalue weighted by molar-refractivity contribution is 0.262. The minimum absolute atomic E-state index is 0.147. The lowest BCUT2D eigenvalue weighted by Gasteiger charge is -2.12. The highest BCUT2D eigenvalue weighted by Crippen LogP contribution is 2.17. The van der Waals surface area contributed by atoms with Gasteiger partial charge in [0.05, 0.1) is 4.90 Å². The summed E-state index contributed by atoms with van der Waals surface area (Å²) < 4.78 is 26.9. The van der Waals surface area contributed by atoms with Crippen molar-refractivity contribution >= 4 is 39.0 Å². The summed E-state index contributed by atoms with van der Waals surface area (Å²) in [5.74, 6) is 0. The number of hydrogen-bond donors (Lipinski definition) is 3. The number of benzene rings is 2. The fourth-order valence-corrected chi connectivity index (χ4v) is 3.51. The number of rotatable bonds is 6. The van der Waals surface area contributed by atoms with Crippen molar-refractivity contribution in [3.05, 3.63) is 53.6 Å². The van der Waals surface area contributed by atoms with Crippen LogP contribution in [0.3, 0.4) is 0 Å². The van der Waals surface area contributed by atoms with Crippen molar-refractivity contribution in [2.24, 2.45) is 0 Å². The number of amides is 2. The molecule has 2 rings (SSSR count). The van der Waals surface area contributed by atoms with Crippen LogP contribution in [0, 0.1) is 0 Å². The van der Waals surface area contributed by atoms with Gasteiger partial charge in [0, 0.05) is 22.4 Å². The maximum absolute atomic E-state index is 12.2. The first-order valence-electron chi connectivity index (χ1n) is 7.76. The van der Waals surface area contributed by atoms with Crippen LogP contribution in [-0.2, 0) is 10.0 Å². The van der Waals surface area contributed by atoms with Crippen molar-refractivity contribution in [1.82, 2.24) is 4.72 Å². The van der Waals surface area contributed by atoms with E-state index in [4.69, 9.17) is 11.6 Å². The normalized spacial score (nSPS) is 12.4. The molecule has 0 aromatic heterocycles. The molecule has 2 amide bonds. The van der Waals surface area contributed by atoms with Crippen molar-refractivity contribution in [2.45, 2.75) is 31.2 Å². The van der Waals surface area contributed by atoms with E-state index in [1.165, 1.54) is 24.3 Å². The third kappa shape index (κ3) is 5.74. The quantitative estimate of drug-likeness (QED) is 0.705. The second kappa shape index (κ2) is 8.33. The molecule has 25 heavy (non-hydrogen) atoms. The molecule has 2 aromatic rings. The molecule has 0 aliphatic carbocycles. The van der Waals surface area contributed by atoms with E-state index in [-0.39, 0.29) is 10.9 Å². The molecule has 0 aliphatic rings. The van der Waals surface area contributed by atoms with Gasteiger partial charge in [-0.2, -0.15) is 0 Å². The first-order chi connectivity index (χ1) is 11.8. The van der Waals surface area contributed by atoms with Crippen LogP contribution in [0.1, 0.15) is 20.3 Å². The zero-order valence-electron chi connectivity index (χ0n) is 13.9. The molecule has 0 bridgehead atoms. The first-order valence-corrected chi connectivity index (χ1v) is 9.62. The van der Waals surface area contributed by atoms with Crippen molar-refractivity contribution in [3.63, 3.8) is 0 Å². The zero-order valence-corrected chi connectivity index (χ0v) is 15.5. The highest BCUT2D eigenvalue weighted by Gasteiger charge is 2.16. The van der Waals surface area contributed by atoms with Gasteiger partial charge in [0.15, 0.2) is 0 Å². The number of urea groups is 1. The monoisotopic (exact) mass is 381 g/mol. The van der Waals surface area contributed by atoms with Crippen molar-refractivity contribution in [1.29, 1.82) is 0 Å². The van der Waals surface area contributed by atoms with E-state index < -0.39 is 16.1 Å². The van der Waals surface area contributed by atoms with Crippen molar-refractivity contribution < 1.29 is 13.2 Å². The Morgan fingerprint density at radius 1 is 1.08 bits per heavy atom. The molecule has 8 heteroatoms. The SMILES string of the molecule is CCC(C)NS(=O)(=O)c1ccc(NC(=O)Nc2cccc(Cl)c2)cc1. The topological polar surface area (TPSA) is 87.3 Å². The summed E-state index contributed by atoms with van der Waals surface area (Å²) in [5, 5.41) is 5.79. The zero-order chi connectivity index (χ0) is 18.4. The molecule has 0 heterocycles. The predicted octanol–water partition coefficient (Wildman–Crippen LogP) is 4.06. The Bertz CT molecular complexity index is 838. The van der Waals surface area contributed by atoms with Gasteiger partial charge in [-0.1, -0.05) is 24.6 Å². The molecule has 0 fully saturated rings. The predicted molar refractivity (Wildman–Crippen MR) is 101 cm³/mol. The van der Waals surface area contributed by atoms with Gasteiger partial charge in [0.25, 0.3) is 0 Å². The molecule has 0 radical (unpaired) electrons. The summed E-state index contributed by atoms with van der Waals surface area (Å²) in [5.41, 5.74) is 1.03. The van der Waals surface area contributed by atoms with Crippen LogP contribution < -0.4 is 15.4 Å². The number of nitrogens with one attached hydrogen (secondary N) is 3. The Kier molecular flexibility index (Phi) is 6.41. The van der Waals surface area contributed by atoms with Crippen LogP contribution in [0.5, 0.6) is 0 Å². The minimum atomic E-state index is -3.56. The Hall–Kier alpha value is -2.09. The number of sulfonamides is 1. The van der Waals surface area contributed by atoms with E-state index in [0.29, 0.717) is 22.8 Å². The lowest BCUT2D eigenvalue weighted by Crippen LogP contribution is -2.31. The van der Waals surface area contributed by atoms with E-state index in [9.17, 15) is 13.2 Å². The molecule has 6 nitrogen and oxygen atoms in total. The standard InChI is InChI=1S/C17H20ClN3O3S/c1-3-12(2)21-25(23,24)16-9-7-14(8-10-16)19-17(22)20-15-6-4-5-13(18)11-15/h4-12,21H,3H2,1-2H3,(H2,19,20,22). The van der Waals surface area contributed by atoms with E-state index >= 15 is 0 Å². The number of halogens is 1. The van der Waals surface area contributed by atoms with E-state index in [1.807, 2.05) is 6.92 Å². The van der Waals surface area contributed by atoms with Crippen LogP contribution >= 0.6 is 11.6 Å². The number of carbonyl (C=O) groups is 1. The van der Waals surface area contributed by atoms with Gasteiger partial charge in [0.2, 0.25) is 10.0 Å². The minimum Gasteiger partial charge on any atom is -0.308 e. The maximum atomic E-state index is 12.2. The highest BCUT2D eigenvalue weighted by molar-refractivity contribution is 7.89. The summed E-state index contributed by atoms with van der Waals surface area (Å²) in [6, 6.07) is 12.1.